The summed E-state index contributed by atoms with van der Waals surface area (Å²) in [7, 11) is 2.10. The number of aromatic nitrogens is 1. The molecule has 3 rings (SSSR count). The Bertz CT molecular complexity index is 914. The fraction of sp³-hybridized carbons (Fsp3) is 0.217. The van der Waals surface area contributed by atoms with E-state index in [2.05, 4.69) is 41.3 Å². The molecule has 5 heteroatoms. The first kappa shape index (κ1) is 20.1. The first-order valence-corrected chi connectivity index (χ1v) is 10.2. The third kappa shape index (κ3) is 5.68. The van der Waals surface area contributed by atoms with Crippen molar-refractivity contribution in [1.29, 1.82) is 0 Å². The highest BCUT2D eigenvalue weighted by molar-refractivity contribution is 7.99. The van der Waals surface area contributed by atoms with Crippen LogP contribution < -0.4 is 5.32 Å². The van der Waals surface area contributed by atoms with Crippen molar-refractivity contribution in [2.45, 2.75) is 29.9 Å². The average molecular weight is 392 g/mol. The van der Waals surface area contributed by atoms with Gasteiger partial charge in [0, 0.05) is 24.2 Å². The minimum absolute atomic E-state index is 0.109. The Morgan fingerprint density at radius 1 is 1.04 bits per heavy atom. The molecule has 0 radical (unpaired) electrons. The van der Waals surface area contributed by atoms with Gasteiger partial charge < -0.3 is 10.2 Å². The van der Waals surface area contributed by atoms with Gasteiger partial charge in [-0.15, -0.1) is 0 Å². The number of pyridine rings is 1. The van der Waals surface area contributed by atoms with Crippen LogP contribution in [0.3, 0.4) is 0 Å². The molecule has 0 aliphatic heterocycles. The molecule has 144 valence electrons. The van der Waals surface area contributed by atoms with Crippen molar-refractivity contribution < 1.29 is 4.79 Å². The van der Waals surface area contributed by atoms with E-state index in [1.807, 2.05) is 48.5 Å². The second-order valence-corrected chi connectivity index (χ2v) is 7.67. The third-order valence-corrected chi connectivity index (χ3v) is 5.44. The molecule has 0 saturated heterocycles. The molecule has 28 heavy (non-hydrogen) atoms. The van der Waals surface area contributed by atoms with Gasteiger partial charge in [0.05, 0.1) is 5.56 Å². The lowest BCUT2D eigenvalue weighted by atomic mass is 10.1. The molecule has 1 aromatic heterocycles. The summed E-state index contributed by atoms with van der Waals surface area (Å²) in [4.78, 5) is 20.5. The number of benzene rings is 2. The fourth-order valence-corrected chi connectivity index (χ4v) is 3.68. The number of nitrogens with zero attached hydrogens (tertiary/aromatic N) is 2. The van der Waals surface area contributed by atoms with E-state index in [0.717, 1.165) is 23.5 Å². The molecule has 2 aromatic carbocycles. The zero-order chi connectivity index (χ0) is 19.8. The van der Waals surface area contributed by atoms with Crippen LogP contribution in [0.4, 0.5) is 0 Å². The summed E-state index contributed by atoms with van der Waals surface area (Å²) < 4.78 is 0. The Morgan fingerprint density at radius 3 is 2.61 bits per heavy atom. The number of rotatable bonds is 8. The van der Waals surface area contributed by atoms with Gasteiger partial charge in [0.2, 0.25) is 0 Å². The van der Waals surface area contributed by atoms with E-state index in [1.54, 1.807) is 12.3 Å². The Hall–Kier alpha value is -2.63. The molecule has 1 N–H and O–H groups in total. The Morgan fingerprint density at radius 2 is 1.82 bits per heavy atom. The van der Waals surface area contributed by atoms with Crippen LogP contribution >= 0.6 is 11.8 Å². The SMILES string of the molecule is CCN(C)Cc1cccc(CNC(=O)c2cccnc2Sc2ccccc2)c1. The molecule has 0 fully saturated rings. The van der Waals surface area contributed by atoms with Gasteiger partial charge in [-0.05, 0) is 49.0 Å². The zero-order valence-corrected chi connectivity index (χ0v) is 17.1. The van der Waals surface area contributed by atoms with Gasteiger partial charge in [-0.1, -0.05) is 61.2 Å². The van der Waals surface area contributed by atoms with Crippen LogP contribution in [-0.4, -0.2) is 29.4 Å². The molecule has 0 aliphatic carbocycles. The molecule has 0 aliphatic rings. The van der Waals surface area contributed by atoms with Crippen molar-refractivity contribution in [2.75, 3.05) is 13.6 Å². The highest BCUT2D eigenvalue weighted by Gasteiger charge is 2.13. The number of amides is 1. The van der Waals surface area contributed by atoms with Crippen LogP contribution in [-0.2, 0) is 13.1 Å². The lowest BCUT2D eigenvalue weighted by Crippen LogP contribution is -2.24. The van der Waals surface area contributed by atoms with Gasteiger partial charge in [0.25, 0.3) is 5.91 Å². The van der Waals surface area contributed by atoms with Crippen molar-refractivity contribution in [3.63, 3.8) is 0 Å². The first-order valence-electron chi connectivity index (χ1n) is 9.38. The van der Waals surface area contributed by atoms with Crippen LogP contribution in [0.2, 0.25) is 0 Å². The number of nitrogens with one attached hydrogen (secondary N) is 1. The molecular weight excluding hydrogens is 366 g/mol. The zero-order valence-electron chi connectivity index (χ0n) is 16.3. The second kappa shape index (κ2) is 10.1. The maximum absolute atomic E-state index is 12.8. The number of carbonyl (C=O) groups excluding carboxylic acids is 1. The van der Waals surface area contributed by atoms with Crippen LogP contribution in [0.25, 0.3) is 0 Å². The predicted molar refractivity (Wildman–Crippen MR) is 114 cm³/mol. The largest absolute Gasteiger partial charge is 0.348 e. The van der Waals surface area contributed by atoms with Crippen LogP contribution in [0.1, 0.15) is 28.4 Å². The van der Waals surface area contributed by atoms with Crippen LogP contribution in [0, 0.1) is 0 Å². The highest BCUT2D eigenvalue weighted by Crippen LogP contribution is 2.28. The number of carbonyl (C=O) groups is 1. The molecular formula is C23H25N3OS. The summed E-state index contributed by atoms with van der Waals surface area (Å²) in [6.07, 6.45) is 1.72. The van der Waals surface area contributed by atoms with Crippen LogP contribution in [0.5, 0.6) is 0 Å². The topological polar surface area (TPSA) is 45.2 Å². The minimum Gasteiger partial charge on any atom is -0.348 e. The monoisotopic (exact) mass is 391 g/mol. The molecule has 1 amide bonds. The third-order valence-electron chi connectivity index (χ3n) is 4.41. The summed E-state index contributed by atoms with van der Waals surface area (Å²) in [6, 6.07) is 21.9. The van der Waals surface area contributed by atoms with Crippen molar-refractivity contribution in [3.8, 4) is 0 Å². The molecule has 0 spiro atoms. The fourth-order valence-electron chi connectivity index (χ4n) is 2.78. The van der Waals surface area contributed by atoms with Crippen molar-refractivity contribution in [1.82, 2.24) is 15.2 Å². The van der Waals surface area contributed by atoms with E-state index >= 15 is 0 Å². The van der Waals surface area contributed by atoms with Gasteiger partial charge in [0.1, 0.15) is 5.03 Å². The Balaban J connectivity index is 1.66. The Labute approximate surface area is 171 Å². The van der Waals surface area contributed by atoms with E-state index in [9.17, 15) is 4.79 Å². The van der Waals surface area contributed by atoms with Gasteiger partial charge in [0.15, 0.2) is 0 Å². The van der Waals surface area contributed by atoms with E-state index in [4.69, 9.17) is 0 Å². The van der Waals surface area contributed by atoms with Gasteiger partial charge >= 0.3 is 0 Å². The van der Waals surface area contributed by atoms with Gasteiger partial charge in [-0.25, -0.2) is 4.98 Å². The van der Waals surface area contributed by atoms with Gasteiger partial charge in [-0.3, -0.25) is 4.79 Å². The smallest absolute Gasteiger partial charge is 0.254 e. The van der Waals surface area contributed by atoms with Crippen molar-refractivity contribution >= 4 is 17.7 Å². The number of hydrogen-bond donors (Lipinski definition) is 1. The summed E-state index contributed by atoms with van der Waals surface area (Å²) >= 11 is 1.50. The van der Waals surface area contributed by atoms with E-state index in [-0.39, 0.29) is 5.91 Å². The molecule has 0 bridgehead atoms. The average Bonchev–Trinajstić information content (AvgIpc) is 2.73. The molecule has 4 nitrogen and oxygen atoms in total. The van der Waals surface area contributed by atoms with Crippen molar-refractivity contribution in [3.05, 3.63) is 89.6 Å². The highest BCUT2D eigenvalue weighted by atomic mass is 32.2. The first-order chi connectivity index (χ1) is 13.7. The summed E-state index contributed by atoms with van der Waals surface area (Å²) in [6.45, 7) is 4.54. The van der Waals surface area contributed by atoms with E-state index < -0.39 is 0 Å². The van der Waals surface area contributed by atoms with E-state index in [1.165, 1.54) is 17.3 Å². The maximum atomic E-state index is 12.8. The molecule has 1 heterocycles. The lowest BCUT2D eigenvalue weighted by molar-refractivity contribution is 0.0947. The molecule has 0 saturated carbocycles. The van der Waals surface area contributed by atoms with E-state index in [0.29, 0.717) is 17.1 Å². The standard InChI is InChI=1S/C23H25N3OS/c1-3-26(2)17-19-10-7-9-18(15-19)16-25-22(27)21-13-8-14-24-23(21)28-20-11-5-4-6-12-20/h4-15H,3,16-17H2,1-2H3,(H,25,27). The lowest BCUT2D eigenvalue weighted by Gasteiger charge is -2.14. The molecule has 3 aromatic rings. The second-order valence-electron chi connectivity index (χ2n) is 6.60. The molecule has 0 unspecified atom stereocenters. The number of hydrogen-bond acceptors (Lipinski definition) is 4. The van der Waals surface area contributed by atoms with Gasteiger partial charge in [-0.2, -0.15) is 0 Å². The minimum atomic E-state index is -0.109. The van der Waals surface area contributed by atoms with Crippen molar-refractivity contribution in [2.24, 2.45) is 0 Å². The summed E-state index contributed by atoms with van der Waals surface area (Å²) in [5.41, 5.74) is 2.94. The quantitative estimate of drug-likeness (QED) is 0.609. The summed E-state index contributed by atoms with van der Waals surface area (Å²) in [5, 5.41) is 3.74. The predicted octanol–water partition coefficient (Wildman–Crippen LogP) is 4.61. The van der Waals surface area contributed by atoms with Crippen LogP contribution in [0.15, 0.2) is 82.8 Å². The Kier molecular flexibility index (Phi) is 7.23. The summed E-state index contributed by atoms with van der Waals surface area (Å²) in [5.74, 6) is -0.109. The normalized spacial score (nSPS) is 10.8. The maximum Gasteiger partial charge on any atom is 0.254 e. The molecule has 0 atom stereocenters.